The van der Waals surface area contributed by atoms with E-state index in [1.165, 1.54) is 0 Å². The summed E-state index contributed by atoms with van der Waals surface area (Å²) in [6.45, 7) is 4.15. The second-order valence-electron chi connectivity index (χ2n) is 3.95. The van der Waals surface area contributed by atoms with Crippen LogP contribution in [-0.2, 0) is 13.0 Å². The van der Waals surface area contributed by atoms with Gasteiger partial charge in [-0.3, -0.25) is 9.78 Å². The molecule has 1 amide bonds. The molecule has 0 fully saturated rings. The summed E-state index contributed by atoms with van der Waals surface area (Å²) in [5.74, 6) is 0.404. The molecule has 0 saturated carbocycles. The van der Waals surface area contributed by atoms with Gasteiger partial charge in [0.15, 0.2) is 0 Å². The SMILES string of the molecule is CCc1noc(C)c1C(=O)NCc1ccncc1. The van der Waals surface area contributed by atoms with Crippen LogP contribution >= 0.6 is 0 Å². The number of nitrogens with zero attached hydrogens (tertiary/aromatic N) is 2. The number of rotatable bonds is 4. The summed E-state index contributed by atoms with van der Waals surface area (Å²) in [4.78, 5) is 16.0. The van der Waals surface area contributed by atoms with Crippen molar-refractivity contribution in [2.75, 3.05) is 0 Å². The van der Waals surface area contributed by atoms with E-state index in [-0.39, 0.29) is 5.91 Å². The molecular weight excluding hydrogens is 230 g/mol. The molecule has 5 nitrogen and oxygen atoms in total. The summed E-state index contributed by atoms with van der Waals surface area (Å²) in [6, 6.07) is 3.73. The Bertz CT molecular complexity index is 534. The van der Waals surface area contributed by atoms with Crippen LogP contribution in [0, 0.1) is 6.92 Å². The zero-order chi connectivity index (χ0) is 13.0. The van der Waals surface area contributed by atoms with Gasteiger partial charge in [-0.05, 0) is 31.0 Å². The molecular formula is C13H15N3O2. The average molecular weight is 245 g/mol. The normalized spacial score (nSPS) is 10.3. The maximum Gasteiger partial charge on any atom is 0.257 e. The van der Waals surface area contributed by atoms with E-state index in [0.717, 1.165) is 5.56 Å². The van der Waals surface area contributed by atoms with Crippen LogP contribution in [0.25, 0.3) is 0 Å². The Balaban J connectivity index is 2.06. The van der Waals surface area contributed by atoms with E-state index in [1.807, 2.05) is 19.1 Å². The first-order valence-corrected chi connectivity index (χ1v) is 5.84. The van der Waals surface area contributed by atoms with Crippen LogP contribution in [-0.4, -0.2) is 16.0 Å². The minimum atomic E-state index is -0.151. The van der Waals surface area contributed by atoms with E-state index in [0.29, 0.717) is 30.0 Å². The number of hydrogen-bond acceptors (Lipinski definition) is 4. The molecule has 0 aromatic carbocycles. The second-order valence-corrected chi connectivity index (χ2v) is 3.95. The fraction of sp³-hybridized carbons (Fsp3) is 0.308. The standard InChI is InChI=1S/C13H15N3O2/c1-3-11-12(9(2)18-16-11)13(17)15-8-10-4-6-14-7-5-10/h4-7H,3,8H2,1-2H3,(H,15,17). The fourth-order valence-electron chi connectivity index (χ4n) is 1.72. The first-order valence-electron chi connectivity index (χ1n) is 5.84. The Kier molecular flexibility index (Phi) is 3.72. The third-order valence-electron chi connectivity index (χ3n) is 2.70. The number of carbonyl (C=O) groups is 1. The van der Waals surface area contributed by atoms with Crippen LogP contribution in [0.5, 0.6) is 0 Å². The summed E-state index contributed by atoms with van der Waals surface area (Å²) in [6.07, 6.45) is 4.07. The Morgan fingerprint density at radius 2 is 2.11 bits per heavy atom. The molecule has 2 rings (SSSR count). The topological polar surface area (TPSA) is 68.0 Å². The number of pyridine rings is 1. The zero-order valence-corrected chi connectivity index (χ0v) is 10.4. The van der Waals surface area contributed by atoms with Gasteiger partial charge in [0.2, 0.25) is 0 Å². The Morgan fingerprint density at radius 3 is 2.78 bits per heavy atom. The molecule has 0 aliphatic carbocycles. The monoisotopic (exact) mass is 245 g/mol. The van der Waals surface area contributed by atoms with Gasteiger partial charge < -0.3 is 9.84 Å². The van der Waals surface area contributed by atoms with Crippen LogP contribution in [0.1, 0.15) is 34.3 Å². The lowest BCUT2D eigenvalue weighted by molar-refractivity contribution is 0.0948. The Hall–Kier alpha value is -2.17. The number of aryl methyl sites for hydroxylation is 2. The quantitative estimate of drug-likeness (QED) is 0.892. The van der Waals surface area contributed by atoms with E-state index < -0.39 is 0 Å². The Labute approximate surface area is 105 Å². The van der Waals surface area contributed by atoms with Gasteiger partial charge in [0, 0.05) is 18.9 Å². The van der Waals surface area contributed by atoms with Crippen molar-refractivity contribution in [1.29, 1.82) is 0 Å². The molecule has 0 aliphatic heterocycles. The molecule has 5 heteroatoms. The Morgan fingerprint density at radius 1 is 1.39 bits per heavy atom. The molecule has 0 saturated heterocycles. The van der Waals surface area contributed by atoms with Crippen molar-refractivity contribution in [3.8, 4) is 0 Å². The van der Waals surface area contributed by atoms with Gasteiger partial charge in [-0.25, -0.2) is 0 Å². The number of hydrogen-bond donors (Lipinski definition) is 1. The van der Waals surface area contributed by atoms with Crippen molar-refractivity contribution in [3.05, 3.63) is 47.1 Å². The smallest absolute Gasteiger partial charge is 0.257 e. The maximum absolute atomic E-state index is 12.1. The van der Waals surface area contributed by atoms with Gasteiger partial charge in [0.1, 0.15) is 11.3 Å². The minimum Gasteiger partial charge on any atom is -0.361 e. The molecule has 2 aromatic rings. The summed E-state index contributed by atoms with van der Waals surface area (Å²) >= 11 is 0. The molecule has 0 bridgehead atoms. The highest BCUT2D eigenvalue weighted by Crippen LogP contribution is 2.13. The van der Waals surface area contributed by atoms with Crippen molar-refractivity contribution in [1.82, 2.24) is 15.5 Å². The molecule has 94 valence electrons. The van der Waals surface area contributed by atoms with Crippen molar-refractivity contribution in [3.63, 3.8) is 0 Å². The highest BCUT2D eigenvalue weighted by atomic mass is 16.5. The van der Waals surface area contributed by atoms with Gasteiger partial charge in [-0.1, -0.05) is 12.1 Å². The van der Waals surface area contributed by atoms with Crippen molar-refractivity contribution >= 4 is 5.91 Å². The zero-order valence-electron chi connectivity index (χ0n) is 10.4. The first-order chi connectivity index (χ1) is 8.72. The fourth-order valence-corrected chi connectivity index (χ4v) is 1.72. The van der Waals surface area contributed by atoms with Crippen LogP contribution in [0.15, 0.2) is 29.0 Å². The van der Waals surface area contributed by atoms with Gasteiger partial charge >= 0.3 is 0 Å². The van der Waals surface area contributed by atoms with Crippen LogP contribution in [0.2, 0.25) is 0 Å². The molecule has 2 aromatic heterocycles. The van der Waals surface area contributed by atoms with Gasteiger partial charge in [0.05, 0.1) is 5.69 Å². The highest BCUT2D eigenvalue weighted by Gasteiger charge is 2.18. The summed E-state index contributed by atoms with van der Waals surface area (Å²) in [7, 11) is 0. The van der Waals surface area contributed by atoms with E-state index in [1.54, 1.807) is 19.3 Å². The molecule has 0 atom stereocenters. The van der Waals surface area contributed by atoms with Crippen LogP contribution in [0.3, 0.4) is 0 Å². The maximum atomic E-state index is 12.1. The second kappa shape index (κ2) is 5.44. The predicted octanol–water partition coefficient (Wildman–Crippen LogP) is 1.87. The average Bonchev–Trinajstić information content (AvgIpc) is 2.78. The number of carbonyl (C=O) groups excluding carboxylic acids is 1. The van der Waals surface area contributed by atoms with E-state index in [9.17, 15) is 4.79 Å². The molecule has 0 spiro atoms. The van der Waals surface area contributed by atoms with Crippen molar-refractivity contribution in [2.24, 2.45) is 0 Å². The first kappa shape index (κ1) is 12.3. The van der Waals surface area contributed by atoms with E-state index >= 15 is 0 Å². The third-order valence-corrected chi connectivity index (χ3v) is 2.70. The van der Waals surface area contributed by atoms with Gasteiger partial charge in [-0.2, -0.15) is 0 Å². The van der Waals surface area contributed by atoms with Crippen molar-refractivity contribution in [2.45, 2.75) is 26.8 Å². The number of nitrogens with one attached hydrogen (secondary N) is 1. The number of amides is 1. The predicted molar refractivity (Wildman–Crippen MR) is 66.0 cm³/mol. The van der Waals surface area contributed by atoms with Crippen LogP contribution in [0.4, 0.5) is 0 Å². The lowest BCUT2D eigenvalue weighted by Crippen LogP contribution is -2.24. The van der Waals surface area contributed by atoms with Gasteiger partial charge in [-0.15, -0.1) is 0 Å². The number of aromatic nitrogens is 2. The summed E-state index contributed by atoms with van der Waals surface area (Å²) in [5.41, 5.74) is 2.25. The third kappa shape index (κ3) is 2.56. The van der Waals surface area contributed by atoms with E-state index in [4.69, 9.17) is 4.52 Å². The lowest BCUT2D eigenvalue weighted by atomic mass is 10.1. The summed E-state index contributed by atoms with van der Waals surface area (Å²) in [5, 5.41) is 6.71. The highest BCUT2D eigenvalue weighted by molar-refractivity contribution is 5.96. The molecule has 2 heterocycles. The lowest BCUT2D eigenvalue weighted by Gasteiger charge is -2.04. The molecule has 1 N–H and O–H groups in total. The minimum absolute atomic E-state index is 0.151. The molecule has 0 aliphatic rings. The largest absolute Gasteiger partial charge is 0.361 e. The van der Waals surface area contributed by atoms with Crippen molar-refractivity contribution < 1.29 is 9.32 Å². The molecule has 0 unspecified atom stereocenters. The molecule has 0 radical (unpaired) electrons. The van der Waals surface area contributed by atoms with Gasteiger partial charge in [0.25, 0.3) is 5.91 Å². The molecule has 18 heavy (non-hydrogen) atoms. The summed E-state index contributed by atoms with van der Waals surface area (Å²) < 4.78 is 5.04. The van der Waals surface area contributed by atoms with E-state index in [2.05, 4.69) is 15.5 Å². The van der Waals surface area contributed by atoms with Crippen LogP contribution < -0.4 is 5.32 Å².